The Bertz CT molecular complexity index is 974. The highest BCUT2D eigenvalue weighted by Crippen LogP contribution is 2.05. The molecule has 1 N–H and O–H groups in total. The molecule has 0 aliphatic rings. The first kappa shape index (κ1) is 15.8. The highest BCUT2D eigenvalue weighted by Gasteiger charge is 2.14. The third kappa shape index (κ3) is 3.14. The van der Waals surface area contributed by atoms with Crippen LogP contribution in [0, 0.1) is 20.8 Å². The van der Waals surface area contributed by atoms with E-state index < -0.39 is 5.91 Å². The number of aryl methyl sites for hydroxylation is 3. The van der Waals surface area contributed by atoms with Gasteiger partial charge >= 0.3 is 0 Å². The van der Waals surface area contributed by atoms with Gasteiger partial charge in [0.2, 0.25) is 5.82 Å². The molecular formula is C15H17N7O2. The van der Waals surface area contributed by atoms with Crippen molar-refractivity contribution in [2.45, 2.75) is 27.3 Å². The molecule has 124 valence electrons. The third-order valence-electron chi connectivity index (χ3n) is 3.48. The maximum absolute atomic E-state index is 12.2. The van der Waals surface area contributed by atoms with Crippen LogP contribution in [0.5, 0.6) is 0 Å². The van der Waals surface area contributed by atoms with Gasteiger partial charge in [-0.05, 0) is 26.8 Å². The van der Waals surface area contributed by atoms with E-state index in [2.05, 4.69) is 25.4 Å². The van der Waals surface area contributed by atoms with Crippen LogP contribution in [0.4, 0.5) is 0 Å². The number of rotatable bonds is 4. The lowest BCUT2D eigenvalue weighted by molar-refractivity contribution is 0.0942. The first-order valence-electron chi connectivity index (χ1n) is 7.46. The highest BCUT2D eigenvalue weighted by molar-refractivity contribution is 5.90. The molecule has 1 amide bonds. The Hall–Kier alpha value is -3.10. The molecule has 9 heteroatoms. The average Bonchev–Trinajstić information content (AvgIpc) is 2.93. The van der Waals surface area contributed by atoms with Gasteiger partial charge < -0.3 is 5.32 Å². The molecule has 0 spiro atoms. The molecule has 0 aliphatic heterocycles. The maximum atomic E-state index is 12.2. The topological polar surface area (TPSA) is 107 Å². The second-order valence-corrected chi connectivity index (χ2v) is 5.50. The predicted molar refractivity (Wildman–Crippen MR) is 85.8 cm³/mol. The summed E-state index contributed by atoms with van der Waals surface area (Å²) >= 11 is 0. The summed E-state index contributed by atoms with van der Waals surface area (Å²) < 4.78 is 2.95. The molecule has 0 fully saturated rings. The number of nitrogens with one attached hydrogen (secondary N) is 1. The molecule has 0 bridgehead atoms. The summed E-state index contributed by atoms with van der Waals surface area (Å²) in [4.78, 5) is 36.3. The molecule has 3 rings (SSSR count). The van der Waals surface area contributed by atoms with Gasteiger partial charge in [0.1, 0.15) is 0 Å². The molecule has 0 atom stereocenters. The Morgan fingerprint density at radius 2 is 1.96 bits per heavy atom. The lowest BCUT2D eigenvalue weighted by Gasteiger charge is -2.05. The van der Waals surface area contributed by atoms with E-state index in [1.807, 2.05) is 19.9 Å². The smallest absolute Gasteiger partial charge is 0.291 e. The van der Waals surface area contributed by atoms with Crippen LogP contribution in [0.3, 0.4) is 0 Å². The fourth-order valence-electron chi connectivity index (χ4n) is 2.32. The van der Waals surface area contributed by atoms with Crippen LogP contribution < -0.4 is 10.9 Å². The normalized spacial score (nSPS) is 11.0. The molecule has 3 heterocycles. The number of aromatic nitrogens is 6. The summed E-state index contributed by atoms with van der Waals surface area (Å²) in [5.74, 6) is 0.0212. The largest absolute Gasteiger partial charge is 0.347 e. The van der Waals surface area contributed by atoms with Crippen molar-refractivity contribution in [1.29, 1.82) is 0 Å². The van der Waals surface area contributed by atoms with E-state index in [9.17, 15) is 9.59 Å². The third-order valence-corrected chi connectivity index (χ3v) is 3.48. The molecule has 0 saturated carbocycles. The molecule has 0 radical (unpaired) electrons. The summed E-state index contributed by atoms with van der Waals surface area (Å²) in [6.07, 6.45) is 1.46. The lowest BCUT2D eigenvalue weighted by Crippen LogP contribution is -2.31. The number of carbonyl (C=O) groups excluding carboxylic acids is 1. The van der Waals surface area contributed by atoms with E-state index in [0.29, 0.717) is 18.0 Å². The van der Waals surface area contributed by atoms with Crippen LogP contribution in [0.25, 0.3) is 5.78 Å². The molecule has 0 aromatic carbocycles. The fourth-order valence-corrected chi connectivity index (χ4v) is 2.32. The minimum Gasteiger partial charge on any atom is -0.347 e. The van der Waals surface area contributed by atoms with Crippen LogP contribution >= 0.6 is 0 Å². The van der Waals surface area contributed by atoms with Gasteiger partial charge in [0, 0.05) is 36.2 Å². The average molecular weight is 327 g/mol. The first-order valence-corrected chi connectivity index (χ1v) is 7.46. The molecule has 9 nitrogen and oxygen atoms in total. The Morgan fingerprint density at radius 3 is 2.71 bits per heavy atom. The second-order valence-electron chi connectivity index (χ2n) is 5.50. The van der Waals surface area contributed by atoms with Crippen LogP contribution in [0.1, 0.15) is 27.7 Å². The molecule has 0 saturated heterocycles. The van der Waals surface area contributed by atoms with Crippen molar-refractivity contribution in [3.05, 3.63) is 51.7 Å². The standard InChI is InChI=1S/C15H17N7O2/c1-9-7-12(23)21(8-17-9)5-4-16-14(24)13-19-15-18-10(2)6-11(3)22(15)20-13/h6-8H,4-5H2,1-3H3,(H,16,24). The SMILES string of the molecule is Cc1cc(=O)n(CCNC(=O)c2nc3nc(C)cc(C)n3n2)cn1. The number of fused-ring (bicyclic) bond motifs is 1. The predicted octanol–water partition coefficient (Wildman–Crippen LogP) is 0.0363. The van der Waals surface area contributed by atoms with Crippen molar-refractivity contribution in [2.24, 2.45) is 0 Å². The van der Waals surface area contributed by atoms with E-state index >= 15 is 0 Å². The number of hydrogen-bond donors (Lipinski definition) is 1. The monoisotopic (exact) mass is 327 g/mol. The van der Waals surface area contributed by atoms with Gasteiger partial charge in [-0.1, -0.05) is 0 Å². The number of nitrogens with zero attached hydrogens (tertiary/aromatic N) is 6. The highest BCUT2D eigenvalue weighted by atomic mass is 16.2. The van der Waals surface area contributed by atoms with Gasteiger partial charge in [-0.3, -0.25) is 14.2 Å². The molecule has 0 unspecified atom stereocenters. The zero-order valence-electron chi connectivity index (χ0n) is 13.6. The zero-order valence-corrected chi connectivity index (χ0v) is 13.6. The van der Waals surface area contributed by atoms with Gasteiger partial charge in [0.25, 0.3) is 17.2 Å². The molecule has 0 aliphatic carbocycles. The summed E-state index contributed by atoms with van der Waals surface area (Å²) in [7, 11) is 0. The van der Waals surface area contributed by atoms with Gasteiger partial charge in [0.15, 0.2) is 0 Å². The van der Waals surface area contributed by atoms with Crippen molar-refractivity contribution in [2.75, 3.05) is 6.54 Å². The van der Waals surface area contributed by atoms with Crippen molar-refractivity contribution < 1.29 is 4.79 Å². The molecule has 3 aromatic rings. The van der Waals surface area contributed by atoms with Crippen LogP contribution in [0.15, 0.2) is 23.3 Å². The second kappa shape index (κ2) is 6.19. The zero-order chi connectivity index (χ0) is 17.3. The minimum absolute atomic E-state index is 0.0468. The summed E-state index contributed by atoms with van der Waals surface area (Å²) in [5.41, 5.74) is 2.16. The van der Waals surface area contributed by atoms with E-state index in [0.717, 1.165) is 11.4 Å². The fraction of sp³-hybridized carbons (Fsp3) is 0.333. The van der Waals surface area contributed by atoms with Gasteiger partial charge in [-0.2, -0.15) is 4.98 Å². The first-order chi connectivity index (χ1) is 11.4. The summed E-state index contributed by atoms with van der Waals surface area (Å²) in [6, 6.07) is 3.31. The Labute approximate surface area is 137 Å². The van der Waals surface area contributed by atoms with Crippen molar-refractivity contribution in [3.8, 4) is 0 Å². The Balaban J connectivity index is 1.69. The van der Waals surface area contributed by atoms with E-state index in [1.165, 1.54) is 21.5 Å². The van der Waals surface area contributed by atoms with Gasteiger partial charge in [-0.25, -0.2) is 14.5 Å². The number of amides is 1. The Kier molecular flexibility index (Phi) is 4.07. The van der Waals surface area contributed by atoms with Crippen LogP contribution in [0.2, 0.25) is 0 Å². The van der Waals surface area contributed by atoms with Crippen LogP contribution in [-0.2, 0) is 6.54 Å². The van der Waals surface area contributed by atoms with Crippen molar-refractivity contribution in [3.63, 3.8) is 0 Å². The maximum Gasteiger partial charge on any atom is 0.291 e. The van der Waals surface area contributed by atoms with Crippen molar-refractivity contribution in [1.82, 2.24) is 34.4 Å². The summed E-state index contributed by atoms with van der Waals surface area (Å²) in [6.45, 7) is 6.07. The Morgan fingerprint density at radius 1 is 1.17 bits per heavy atom. The van der Waals surface area contributed by atoms with Gasteiger partial charge in [0.05, 0.1) is 6.33 Å². The number of carbonyl (C=O) groups is 1. The van der Waals surface area contributed by atoms with Gasteiger partial charge in [-0.15, -0.1) is 5.10 Å². The molecule has 24 heavy (non-hydrogen) atoms. The molecular weight excluding hydrogens is 310 g/mol. The van der Waals surface area contributed by atoms with Crippen LogP contribution in [-0.4, -0.2) is 41.6 Å². The van der Waals surface area contributed by atoms with E-state index in [-0.39, 0.29) is 17.9 Å². The summed E-state index contributed by atoms with van der Waals surface area (Å²) in [5, 5.41) is 6.85. The molecule has 3 aromatic heterocycles. The van der Waals surface area contributed by atoms with Crippen molar-refractivity contribution >= 4 is 11.7 Å². The minimum atomic E-state index is -0.411. The van der Waals surface area contributed by atoms with E-state index in [4.69, 9.17) is 0 Å². The van der Waals surface area contributed by atoms with E-state index in [1.54, 1.807) is 6.92 Å². The quantitative estimate of drug-likeness (QED) is 0.725. The lowest BCUT2D eigenvalue weighted by atomic mass is 10.4. The number of hydrogen-bond acceptors (Lipinski definition) is 6.